The number of nitrogens with one attached hydrogen (secondary N) is 1. The Morgan fingerprint density at radius 1 is 1.32 bits per heavy atom. The van der Waals surface area contributed by atoms with E-state index in [4.69, 9.17) is 0 Å². The van der Waals surface area contributed by atoms with Gasteiger partial charge in [0.2, 0.25) is 0 Å². The third-order valence-electron chi connectivity index (χ3n) is 2.92. The number of hydrogen-bond acceptors (Lipinski definition) is 2. The van der Waals surface area contributed by atoms with Crippen molar-refractivity contribution in [1.29, 1.82) is 0 Å². The largest absolute Gasteiger partial charge is 0.344 e. The minimum atomic E-state index is -0.148. The number of hydrogen-bond donors (Lipinski definition) is 1. The van der Waals surface area contributed by atoms with Crippen molar-refractivity contribution in [3.63, 3.8) is 0 Å². The van der Waals surface area contributed by atoms with Gasteiger partial charge in [-0.05, 0) is 43.2 Å². The van der Waals surface area contributed by atoms with Crippen LogP contribution in [0.5, 0.6) is 0 Å². The Morgan fingerprint density at radius 3 is 2.79 bits per heavy atom. The quantitative estimate of drug-likeness (QED) is 0.938. The summed E-state index contributed by atoms with van der Waals surface area (Å²) in [5.41, 5.74) is 2.40. The lowest BCUT2D eigenvalue weighted by atomic mass is 10.1. The van der Waals surface area contributed by atoms with Crippen LogP contribution in [-0.2, 0) is 0 Å². The van der Waals surface area contributed by atoms with E-state index in [0.717, 1.165) is 15.6 Å². The van der Waals surface area contributed by atoms with Crippen LogP contribution in [0.1, 0.15) is 34.6 Å². The molecular formula is C15H15BrN2O. The molecular weight excluding hydrogens is 304 g/mol. The average molecular weight is 319 g/mol. The van der Waals surface area contributed by atoms with Crippen molar-refractivity contribution >= 4 is 21.8 Å². The lowest BCUT2D eigenvalue weighted by molar-refractivity contribution is 0.0934. The maximum atomic E-state index is 12.1. The summed E-state index contributed by atoms with van der Waals surface area (Å²) < 4.78 is 1.00. The molecule has 0 spiro atoms. The average Bonchev–Trinajstić information content (AvgIpc) is 2.39. The second-order valence-corrected chi connectivity index (χ2v) is 5.33. The van der Waals surface area contributed by atoms with Gasteiger partial charge in [-0.2, -0.15) is 0 Å². The monoisotopic (exact) mass is 318 g/mol. The molecule has 0 aliphatic heterocycles. The highest BCUT2D eigenvalue weighted by molar-refractivity contribution is 9.10. The fraction of sp³-hybridized carbons (Fsp3) is 0.200. The Labute approximate surface area is 121 Å². The van der Waals surface area contributed by atoms with Crippen molar-refractivity contribution in [2.45, 2.75) is 19.9 Å². The summed E-state index contributed by atoms with van der Waals surface area (Å²) >= 11 is 3.43. The number of carbonyl (C=O) groups excluding carboxylic acids is 1. The van der Waals surface area contributed by atoms with E-state index in [1.807, 2.05) is 50.2 Å². The van der Waals surface area contributed by atoms with E-state index in [0.29, 0.717) is 5.69 Å². The Morgan fingerprint density at radius 2 is 2.11 bits per heavy atom. The molecule has 2 rings (SSSR count). The maximum absolute atomic E-state index is 12.1. The Balaban J connectivity index is 2.13. The minimum Gasteiger partial charge on any atom is -0.344 e. The van der Waals surface area contributed by atoms with Crippen molar-refractivity contribution < 1.29 is 4.79 Å². The summed E-state index contributed by atoms with van der Waals surface area (Å²) in [4.78, 5) is 16.3. The number of aromatic nitrogens is 1. The van der Waals surface area contributed by atoms with E-state index in [1.54, 1.807) is 6.20 Å². The second kappa shape index (κ2) is 5.97. The van der Waals surface area contributed by atoms with Gasteiger partial charge in [-0.25, -0.2) is 0 Å². The Bertz CT molecular complexity index is 598. The van der Waals surface area contributed by atoms with Gasteiger partial charge in [0.15, 0.2) is 0 Å². The molecule has 1 N–H and O–H groups in total. The van der Waals surface area contributed by atoms with E-state index < -0.39 is 0 Å². The molecule has 1 unspecified atom stereocenters. The molecule has 1 amide bonds. The first-order valence-corrected chi connectivity index (χ1v) is 6.85. The Kier molecular flexibility index (Phi) is 4.32. The van der Waals surface area contributed by atoms with Gasteiger partial charge in [0, 0.05) is 10.7 Å². The third kappa shape index (κ3) is 3.41. The van der Waals surface area contributed by atoms with Crippen LogP contribution in [0.25, 0.3) is 0 Å². The molecule has 0 fully saturated rings. The third-order valence-corrected chi connectivity index (χ3v) is 3.41. The number of halogens is 1. The fourth-order valence-electron chi connectivity index (χ4n) is 1.85. The van der Waals surface area contributed by atoms with E-state index in [1.165, 1.54) is 0 Å². The smallest absolute Gasteiger partial charge is 0.270 e. The van der Waals surface area contributed by atoms with Crippen molar-refractivity contribution in [3.8, 4) is 0 Å². The van der Waals surface area contributed by atoms with Gasteiger partial charge in [-0.3, -0.25) is 9.78 Å². The number of rotatable bonds is 3. The molecule has 1 atom stereocenters. The first-order valence-electron chi connectivity index (χ1n) is 6.06. The molecule has 1 aromatic heterocycles. The summed E-state index contributed by atoms with van der Waals surface area (Å²) in [6.45, 7) is 3.84. The zero-order valence-corrected chi connectivity index (χ0v) is 12.4. The lowest BCUT2D eigenvalue weighted by Crippen LogP contribution is -2.28. The molecule has 0 bridgehead atoms. The van der Waals surface area contributed by atoms with Crippen molar-refractivity contribution in [3.05, 3.63) is 63.9 Å². The van der Waals surface area contributed by atoms with Gasteiger partial charge in [0.05, 0.1) is 6.04 Å². The van der Waals surface area contributed by atoms with Gasteiger partial charge >= 0.3 is 0 Å². The molecule has 0 radical (unpaired) electrons. The summed E-state index contributed by atoms with van der Waals surface area (Å²) in [6.07, 6.45) is 1.63. The number of amides is 1. The number of carbonyl (C=O) groups is 1. The Hall–Kier alpha value is -1.68. The highest BCUT2D eigenvalue weighted by atomic mass is 79.9. The van der Waals surface area contributed by atoms with Crippen LogP contribution in [0.15, 0.2) is 47.1 Å². The maximum Gasteiger partial charge on any atom is 0.270 e. The van der Waals surface area contributed by atoms with Gasteiger partial charge in [0.25, 0.3) is 5.91 Å². The topological polar surface area (TPSA) is 42.0 Å². The van der Waals surface area contributed by atoms with Crippen LogP contribution in [0.2, 0.25) is 0 Å². The number of benzene rings is 1. The van der Waals surface area contributed by atoms with Crippen molar-refractivity contribution in [1.82, 2.24) is 10.3 Å². The van der Waals surface area contributed by atoms with E-state index in [-0.39, 0.29) is 11.9 Å². The van der Waals surface area contributed by atoms with Crippen LogP contribution >= 0.6 is 15.9 Å². The molecule has 4 heteroatoms. The van der Waals surface area contributed by atoms with Gasteiger partial charge < -0.3 is 5.32 Å². The summed E-state index contributed by atoms with van der Waals surface area (Å²) in [5, 5.41) is 2.96. The zero-order valence-electron chi connectivity index (χ0n) is 10.9. The highest BCUT2D eigenvalue weighted by Crippen LogP contribution is 2.18. The van der Waals surface area contributed by atoms with Crippen molar-refractivity contribution in [2.75, 3.05) is 0 Å². The zero-order chi connectivity index (χ0) is 13.8. The molecule has 98 valence electrons. The molecule has 19 heavy (non-hydrogen) atoms. The van der Waals surface area contributed by atoms with E-state index >= 15 is 0 Å². The van der Waals surface area contributed by atoms with E-state index in [2.05, 4.69) is 26.2 Å². The predicted octanol–water partition coefficient (Wildman–Crippen LogP) is 3.64. The van der Waals surface area contributed by atoms with Crippen LogP contribution in [0.4, 0.5) is 0 Å². The number of nitrogens with zero attached hydrogens (tertiary/aromatic N) is 1. The molecule has 1 aromatic carbocycles. The number of aryl methyl sites for hydroxylation is 1. The predicted molar refractivity (Wildman–Crippen MR) is 79.0 cm³/mol. The molecule has 1 heterocycles. The highest BCUT2D eigenvalue weighted by Gasteiger charge is 2.14. The van der Waals surface area contributed by atoms with Crippen LogP contribution < -0.4 is 5.32 Å². The van der Waals surface area contributed by atoms with Crippen LogP contribution in [0.3, 0.4) is 0 Å². The van der Waals surface area contributed by atoms with Gasteiger partial charge in [-0.15, -0.1) is 0 Å². The first kappa shape index (κ1) is 13.7. The van der Waals surface area contributed by atoms with Gasteiger partial charge in [-0.1, -0.05) is 34.1 Å². The molecule has 3 nitrogen and oxygen atoms in total. The molecule has 0 saturated carbocycles. The van der Waals surface area contributed by atoms with Crippen molar-refractivity contribution in [2.24, 2.45) is 0 Å². The van der Waals surface area contributed by atoms with Crippen LogP contribution in [-0.4, -0.2) is 10.9 Å². The van der Waals surface area contributed by atoms with Gasteiger partial charge in [0.1, 0.15) is 5.69 Å². The first-order chi connectivity index (χ1) is 9.08. The molecule has 0 aliphatic carbocycles. The molecule has 0 aliphatic rings. The summed E-state index contributed by atoms with van der Waals surface area (Å²) in [5.74, 6) is -0.148. The minimum absolute atomic E-state index is 0.0635. The lowest BCUT2D eigenvalue weighted by Gasteiger charge is -2.15. The molecule has 2 aromatic rings. The van der Waals surface area contributed by atoms with E-state index in [9.17, 15) is 4.79 Å². The summed E-state index contributed by atoms with van der Waals surface area (Å²) in [6, 6.07) is 11.5. The normalized spacial score (nSPS) is 11.9. The second-order valence-electron chi connectivity index (χ2n) is 4.42. The number of pyridine rings is 1. The fourth-order valence-corrected chi connectivity index (χ4v) is 2.26. The van der Waals surface area contributed by atoms with Crippen LogP contribution in [0, 0.1) is 6.92 Å². The standard InChI is InChI=1S/C15H15BrN2O/c1-10-5-4-8-17-14(10)15(19)18-11(2)12-6-3-7-13(16)9-12/h3-9,11H,1-2H3,(H,18,19). The molecule has 0 saturated heterocycles. The summed E-state index contributed by atoms with van der Waals surface area (Å²) in [7, 11) is 0. The SMILES string of the molecule is Cc1cccnc1C(=O)NC(C)c1cccc(Br)c1.